The van der Waals surface area contributed by atoms with E-state index < -0.39 is 0 Å². The Labute approximate surface area is 141 Å². The Kier molecular flexibility index (Phi) is 4.10. The summed E-state index contributed by atoms with van der Waals surface area (Å²) in [6, 6.07) is 12.2. The largest absolute Gasteiger partial charge is 0.304 e. The molecule has 0 N–H and O–H groups in total. The summed E-state index contributed by atoms with van der Waals surface area (Å²) in [7, 11) is 2.14. The molecule has 2 nitrogen and oxygen atoms in total. The fourth-order valence-electron chi connectivity index (χ4n) is 4.15. The van der Waals surface area contributed by atoms with Crippen molar-refractivity contribution in [3.05, 3.63) is 70.8 Å². The molecule has 4 rings (SSSR count). The Hall–Kier alpha value is -1.78. The van der Waals surface area contributed by atoms with Gasteiger partial charge >= 0.3 is 0 Å². The number of rotatable bonds is 2. The van der Waals surface area contributed by atoms with Crippen LogP contribution >= 0.6 is 0 Å². The van der Waals surface area contributed by atoms with Gasteiger partial charge in [0, 0.05) is 38.1 Å². The number of fused-ring (bicyclic) bond motifs is 1. The van der Waals surface area contributed by atoms with Gasteiger partial charge in [-0.2, -0.15) is 0 Å². The van der Waals surface area contributed by atoms with Crippen molar-refractivity contribution in [1.29, 1.82) is 0 Å². The van der Waals surface area contributed by atoms with Crippen molar-refractivity contribution in [2.75, 3.05) is 33.2 Å². The predicted molar refractivity (Wildman–Crippen MR) is 91.1 cm³/mol. The third kappa shape index (κ3) is 2.85. The maximum Gasteiger partial charge on any atom is 0.123 e. The van der Waals surface area contributed by atoms with Gasteiger partial charge in [0.2, 0.25) is 0 Å². The van der Waals surface area contributed by atoms with Crippen LogP contribution in [0.2, 0.25) is 0 Å². The van der Waals surface area contributed by atoms with Crippen LogP contribution in [0.25, 0.3) is 0 Å². The number of likely N-dealkylation sites (N-methyl/N-ethyl adjacent to an activating group) is 1. The van der Waals surface area contributed by atoms with Crippen molar-refractivity contribution < 1.29 is 8.78 Å². The molecule has 2 aromatic carbocycles. The molecule has 1 heterocycles. The molecule has 0 aromatic heterocycles. The van der Waals surface area contributed by atoms with Crippen LogP contribution < -0.4 is 0 Å². The smallest absolute Gasteiger partial charge is 0.123 e. The average molecular weight is 328 g/mol. The predicted octanol–water partition coefficient (Wildman–Crippen LogP) is 3.79. The summed E-state index contributed by atoms with van der Waals surface area (Å²) in [5.41, 5.74) is 3.17. The number of hydrogen-bond acceptors (Lipinski definition) is 2. The molecule has 0 spiro atoms. The first-order valence-electron chi connectivity index (χ1n) is 8.59. The first-order chi connectivity index (χ1) is 11.6. The normalized spacial score (nSPS) is 25.0. The van der Waals surface area contributed by atoms with Crippen LogP contribution in [-0.2, 0) is 0 Å². The average Bonchev–Trinajstić information content (AvgIpc) is 2.94. The molecule has 0 amide bonds. The lowest BCUT2D eigenvalue weighted by atomic mass is 9.93. The second-order valence-electron chi connectivity index (χ2n) is 6.97. The Bertz CT molecular complexity index is 738. The van der Waals surface area contributed by atoms with E-state index in [0.29, 0.717) is 6.04 Å². The van der Waals surface area contributed by atoms with Crippen LogP contribution in [0.15, 0.2) is 42.5 Å². The third-order valence-corrected chi connectivity index (χ3v) is 5.47. The van der Waals surface area contributed by atoms with Crippen molar-refractivity contribution in [3.8, 4) is 0 Å². The molecule has 0 saturated carbocycles. The van der Waals surface area contributed by atoms with E-state index in [9.17, 15) is 8.78 Å². The van der Waals surface area contributed by atoms with E-state index in [-0.39, 0.29) is 17.6 Å². The molecule has 2 aromatic rings. The Morgan fingerprint density at radius 3 is 2.38 bits per heavy atom. The molecular weight excluding hydrogens is 306 g/mol. The zero-order valence-electron chi connectivity index (χ0n) is 13.9. The van der Waals surface area contributed by atoms with E-state index in [2.05, 4.69) is 16.8 Å². The number of piperazine rings is 1. The molecule has 1 fully saturated rings. The second-order valence-corrected chi connectivity index (χ2v) is 6.97. The van der Waals surface area contributed by atoms with Gasteiger partial charge in [-0.3, -0.25) is 4.90 Å². The molecule has 2 atom stereocenters. The van der Waals surface area contributed by atoms with E-state index in [1.165, 1.54) is 11.6 Å². The van der Waals surface area contributed by atoms with E-state index in [0.717, 1.165) is 43.7 Å². The van der Waals surface area contributed by atoms with E-state index in [4.69, 9.17) is 0 Å². The fourth-order valence-corrected chi connectivity index (χ4v) is 4.15. The molecule has 1 saturated heterocycles. The van der Waals surface area contributed by atoms with Crippen LogP contribution in [-0.4, -0.2) is 43.0 Å². The Morgan fingerprint density at radius 2 is 1.62 bits per heavy atom. The summed E-state index contributed by atoms with van der Waals surface area (Å²) in [5.74, 6) is -0.376. The van der Waals surface area contributed by atoms with Gasteiger partial charge in [-0.05, 0) is 54.4 Å². The van der Waals surface area contributed by atoms with Crippen LogP contribution in [0.5, 0.6) is 0 Å². The van der Waals surface area contributed by atoms with Crippen molar-refractivity contribution in [3.63, 3.8) is 0 Å². The van der Waals surface area contributed by atoms with Gasteiger partial charge in [0.15, 0.2) is 0 Å². The highest BCUT2D eigenvalue weighted by Gasteiger charge is 2.36. The van der Waals surface area contributed by atoms with Crippen LogP contribution in [0, 0.1) is 11.6 Å². The Morgan fingerprint density at radius 1 is 0.875 bits per heavy atom. The number of halogens is 2. The minimum atomic E-state index is -0.228. The van der Waals surface area contributed by atoms with Gasteiger partial charge in [0.1, 0.15) is 11.6 Å². The van der Waals surface area contributed by atoms with Crippen LogP contribution in [0.3, 0.4) is 0 Å². The van der Waals surface area contributed by atoms with Crippen LogP contribution in [0.1, 0.15) is 35.1 Å². The van der Waals surface area contributed by atoms with Crippen LogP contribution in [0.4, 0.5) is 8.78 Å². The highest BCUT2D eigenvalue weighted by atomic mass is 19.1. The van der Waals surface area contributed by atoms with E-state index in [1.54, 1.807) is 24.3 Å². The first-order valence-corrected chi connectivity index (χ1v) is 8.59. The molecule has 4 heteroatoms. The van der Waals surface area contributed by atoms with Gasteiger partial charge in [0.25, 0.3) is 0 Å². The standard InChI is InChI=1S/C20H22F2N2/c1-23-7-9-24(10-8-23)20-13-18(14-3-2-4-15(21)11-14)19-12-16(22)5-6-17(19)20/h2-6,11-12,18,20H,7-10,13H2,1H3/t18-,20+/m1/s1. The Balaban J connectivity index is 1.70. The monoisotopic (exact) mass is 328 g/mol. The lowest BCUT2D eigenvalue weighted by Crippen LogP contribution is -2.45. The van der Waals surface area contributed by atoms with Crippen molar-refractivity contribution in [2.24, 2.45) is 0 Å². The van der Waals surface area contributed by atoms with Crippen molar-refractivity contribution in [1.82, 2.24) is 9.80 Å². The molecule has 126 valence electrons. The summed E-state index contributed by atoms with van der Waals surface area (Å²) >= 11 is 0. The highest BCUT2D eigenvalue weighted by molar-refractivity contribution is 5.45. The van der Waals surface area contributed by atoms with Gasteiger partial charge in [-0.25, -0.2) is 8.78 Å². The van der Waals surface area contributed by atoms with Gasteiger partial charge < -0.3 is 4.90 Å². The van der Waals surface area contributed by atoms with Gasteiger partial charge in [0.05, 0.1) is 0 Å². The zero-order chi connectivity index (χ0) is 16.7. The lowest BCUT2D eigenvalue weighted by molar-refractivity contribution is 0.110. The van der Waals surface area contributed by atoms with Crippen molar-refractivity contribution >= 4 is 0 Å². The SMILES string of the molecule is CN1CCN([C@H]2C[C@H](c3cccc(F)c3)c3cc(F)ccc32)CC1. The number of benzene rings is 2. The molecule has 24 heavy (non-hydrogen) atoms. The summed E-state index contributed by atoms with van der Waals surface area (Å²) in [6.45, 7) is 4.15. The lowest BCUT2D eigenvalue weighted by Gasteiger charge is -2.37. The van der Waals surface area contributed by atoms with Crippen molar-refractivity contribution in [2.45, 2.75) is 18.4 Å². The maximum atomic E-state index is 13.9. The quantitative estimate of drug-likeness (QED) is 0.828. The van der Waals surface area contributed by atoms with Gasteiger partial charge in [-0.1, -0.05) is 18.2 Å². The topological polar surface area (TPSA) is 6.48 Å². The molecule has 0 bridgehead atoms. The molecule has 0 radical (unpaired) electrons. The summed E-state index contributed by atoms with van der Waals surface area (Å²) in [4.78, 5) is 4.83. The molecular formula is C20H22F2N2. The fraction of sp³-hybridized carbons (Fsp3) is 0.400. The highest BCUT2D eigenvalue weighted by Crippen LogP contribution is 2.47. The zero-order valence-corrected chi connectivity index (χ0v) is 13.9. The minimum Gasteiger partial charge on any atom is -0.304 e. The van der Waals surface area contributed by atoms with E-state index >= 15 is 0 Å². The van der Waals surface area contributed by atoms with E-state index in [1.807, 2.05) is 12.1 Å². The number of nitrogens with zero attached hydrogens (tertiary/aromatic N) is 2. The summed E-state index contributed by atoms with van der Waals surface area (Å²) in [5, 5.41) is 0. The summed E-state index contributed by atoms with van der Waals surface area (Å²) < 4.78 is 27.5. The minimum absolute atomic E-state index is 0.0658. The molecule has 0 unspecified atom stereocenters. The second kappa shape index (κ2) is 6.26. The first kappa shape index (κ1) is 15.7. The maximum absolute atomic E-state index is 13.9. The number of hydrogen-bond donors (Lipinski definition) is 0. The summed E-state index contributed by atoms with van der Waals surface area (Å²) in [6.07, 6.45) is 0.895. The van der Waals surface area contributed by atoms with Gasteiger partial charge in [-0.15, -0.1) is 0 Å². The molecule has 2 aliphatic rings. The third-order valence-electron chi connectivity index (χ3n) is 5.47. The molecule has 1 aliphatic carbocycles. The molecule has 1 aliphatic heterocycles.